The molecule has 0 aliphatic rings. The van der Waals surface area contributed by atoms with Gasteiger partial charge in [-0.3, -0.25) is 4.79 Å². The Balaban J connectivity index is 3.03. The first-order valence-electron chi connectivity index (χ1n) is 6.00. The Bertz CT molecular complexity index is 673. The zero-order valence-corrected chi connectivity index (χ0v) is 11.4. The van der Waals surface area contributed by atoms with E-state index >= 15 is 0 Å². The van der Waals surface area contributed by atoms with Gasteiger partial charge in [-0.1, -0.05) is 0 Å². The molecule has 0 saturated carbocycles. The Morgan fingerprint density at radius 2 is 1.79 bits per heavy atom. The molecule has 5 nitrogen and oxygen atoms in total. The van der Waals surface area contributed by atoms with E-state index in [0.717, 1.165) is 5.39 Å². The van der Waals surface area contributed by atoms with Gasteiger partial charge in [-0.15, -0.1) is 0 Å². The number of hydrogen-bond donors (Lipinski definition) is 1. The predicted molar refractivity (Wildman–Crippen MR) is 73.4 cm³/mol. The SMILES string of the molecule is COc1c(OC)c2ccc(O)cc2n(C(C)C)c1=O. The number of nitrogens with zero attached hydrogens (tertiary/aromatic N) is 1. The molecule has 0 saturated heterocycles. The van der Waals surface area contributed by atoms with Gasteiger partial charge in [0.2, 0.25) is 5.75 Å². The molecule has 102 valence electrons. The Morgan fingerprint density at radius 1 is 1.16 bits per heavy atom. The second-order valence-corrected chi connectivity index (χ2v) is 4.54. The van der Waals surface area contributed by atoms with Crippen LogP contribution in [0.2, 0.25) is 0 Å². The Labute approximate surface area is 111 Å². The van der Waals surface area contributed by atoms with Crippen LogP contribution in [-0.4, -0.2) is 23.9 Å². The van der Waals surface area contributed by atoms with Crippen LogP contribution in [0.5, 0.6) is 17.2 Å². The average Bonchev–Trinajstić information content (AvgIpc) is 2.36. The number of benzene rings is 1. The fourth-order valence-electron chi connectivity index (χ4n) is 2.24. The Morgan fingerprint density at radius 3 is 2.32 bits per heavy atom. The molecule has 0 fully saturated rings. The van der Waals surface area contributed by atoms with E-state index in [1.807, 2.05) is 13.8 Å². The zero-order chi connectivity index (χ0) is 14.2. The third-order valence-corrected chi connectivity index (χ3v) is 3.03. The second-order valence-electron chi connectivity index (χ2n) is 4.54. The van der Waals surface area contributed by atoms with Gasteiger partial charge in [0.15, 0.2) is 5.75 Å². The minimum atomic E-state index is -0.271. The van der Waals surface area contributed by atoms with E-state index in [0.29, 0.717) is 11.3 Å². The van der Waals surface area contributed by atoms with Gasteiger partial charge >= 0.3 is 0 Å². The molecule has 0 radical (unpaired) electrons. The van der Waals surface area contributed by atoms with Gasteiger partial charge in [0.1, 0.15) is 5.75 Å². The normalized spacial score (nSPS) is 11.0. The van der Waals surface area contributed by atoms with Gasteiger partial charge in [-0.2, -0.15) is 0 Å². The first-order chi connectivity index (χ1) is 9.01. The maximum atomic E-state index is 12.4. The van der Waals surface area contributed by atoms with Gasteiger partial charge in [0, 0.05) is 17.5 Å². The first kappa shape index (κ1) is 13.3. The molecule has 2 aromatic rings. The maximum Gasteiger partial charge on any atom is 0.297 e. The average molecular weight is 263 g/mol. The minimum absolute atomic E-state index is 0.0587. The van der Waals surface area contributed by atoms with E-state index in [9.17, 15) is 9.90 Å². The van der Waals surface area contributed by atoms with E-state index < -0.39 is 0 Å². The fraction of sp³-hybridized carbons (Fsp3) is 0.357. The molecule has 2 rings (SSSR count). The summed E-state index contributed by atoms with van der Waals surface area (Å²) < 4.78 is 12.0. The van der Waals surface area contributed by atoms with Crippen molar-refractivity contribution in [2.45, 2.75) is 19.9 Å². The molecule has 5 heteroatoms. The highest BCUT2D eigenvalue weighted by Crippen LogP contribution is 2.34. The van der Waals surface area contributed by atoms with Crippen LogP contribution in [0.25, 0.3) is 10.9 Å². The highest BCUT2D eigenvalue weighted by Gasteiger charge is 2.19. The summed E-state index contributed by atoms with van der Waals surface area (Å²) in [6.45, 7) is 3.80. The number of aromatic nitrogens is 1. The number of aromatic hydroxyl groups is 1. The lowest BCUT2D eigenvalue weighted by atomic mass is 10.1. The van der Waals surface area contributed by atoms with Crippen LogP contribution in [0.4, 0.5) is 0 Å². The zero-order valence-electron chi connectivity index (χ0n) is 11.4. The van der Waals surface area contributed by atoms with Crippen LogP contribution in [0.1, 0.15) is 19.9 Å². The maximum absolute atomic E-state index is 12.4. The molecule has 0 unspecified atom stereocenters. The number of hydrogen-bond acceptors (Lipinski definition) is 4. The van der Waals surface area contributed by atoms with Gasteiger partial charge < -0.3 is 19.1 Å². The number of pyridine rings is 1. The van der Waals surface area contributed by atoms with Crippen molar-refractivity contribution in [2.75, 3.05) is 14.2 Å². The van der Waals surface area contributed by atoms with Crippen LogP contribution in [0.15, 0.2) is 23.0 Å². The van der Waals surface area contributed by atoms with Crippen LogP contribution in [0.3, 0.4) is 0 Å². The Kier molecular flexibility index (Phi) is 3.38. The molecule has 0 aliphatic heterocycles. The fourth-order valence-corrected chi connectivity index (χ4v) is 2.24. The lowest BCUT2D eigenvalue weighted by Crippen LogP contribution is -2.24. The van der Waals surface area contributed by atoms with Crippen molar-refractivity contribution in [3.63, 3.8) is 0 Å². The van der Waals surface area contributed by atoms with E-state index in [4.69, 9.17) is 9.47 Å². The van der Waals surface area contributed by atoms with Crippen LogP contribution >= 0.6 is 0 Å². The standard InChI is InChI=1S/C14H17NO4/c1-8(2)15-11-7-9(16)5-6-10(11)12(18-3)13(19-4)14(15)17/h5-8,16H,1-4H3. The smallest absolute Gasteiger partial charge is 0.297 e. The molecule has 0 bridgehead atoms. The third kappa shape index (κ3) is 2.01. The number of phenols is 1. The van der Waals surface area contributed by atoms with Crippen molar-refractivity contribution in [3.8, 4) is 17.2 Å². The van der Waals surface area contributed by atoms with E-state index in [1.54, 1.807) is 22.8 Å². The van der Waals surface area contributed by atoms with E-state index in [2.05, 4.69) is 0 Å². The quantitative estimate of drug-likeness (QED) is 0.923. The van der Waals surface area contributed by atoms with Gasteiger partial charge in [-0.25, -0.2) is 0 Å². The Hall–Kier alpha value is -2.17. The minimum Gasteiger partial charge on any atom is -0.508 e. The van der Waals surface area contributed by atoms with Crippen molar-refractivity contribution in [2.24, 2.45) is 0 Å². The monoisotopic (exact) mass is 263 g/mol. The number of ether oxygens (including phenoxy) is 2. The molecular weight excluding hydrogens is 246 g/mol. The topological polar surface area (TPSA) is 60.7 Å². The summed E-state index contributed by atoms with van der Waals surface area (Å²) in [4.78, 5) is 12.4. The number of rotatable bonds is 3. The molecule has 19 heavy (non-hydrogen) atoms. The van der Waals surface area contributed by atoms with Crippen molar-refractivity contribution >= 4 is 10.9 Å². The first-order valence-corrected chi connectivity index (χ1v) is 6.00. The predicted octanol–water partition coefficient (Wildman–Crippen LogP) is 2.31. The van der Waals surface area contributed by atoms with Gasteiger partial charge in [0.05, 0.1) is 19.7 Å². The largest absolute Gasteiger partial charge is 0.508 e. The summed E-state index contributed by atoms with van der Waals surface area (Å²) in [6, 6.07) is 4.76. The molecule has 0 atom stereocenters. The summed E-state index contributed by atoms with van der Waals surface area (Å²) in [5.41, 5.74) is 0.352. The summed E-state index contributed by atoms with van der Waals surface area (Å²) in [5, 5.41) is 10.4. The van der Waals surface area contributed by atoms with Crippen molar-refractivity contribution in [1.29, 1.82) is 0 Å². The van der Waals surface area contributed by atoms with Gasteiger partial charge in [-0.05, 0) is 26.0 Å². The molecule has 0 amide bonds. The van der Waals surface area contributed by atoms with Crippen LogP contribution in [-0.2, 0) is 0 Å². The number of fused-ring (bicyclic) bond motifs is 1. The van der Waals surface area contributed by atoms with Crippen molar-refractivity contribution in [3.05, 3.63) is 28.6 Å². The van der Waals surface area contributed by atoms with Crippen LogP contribution < -0.4 is 15.0 Å². The lowest BCUT2D eigenvalue weighted by Gasteiger charge is -2.18. The highest BCUT2D eigenvalue weighted by atomic mass is 16.5. The van der Waals surface area contributed by atoms with Crippen molar-refractivity contribution in [1.82, 2.24) is 4.57 Å². The number of methoxy groups -OCH3 is 2. The summed E-state index contributed by atoms with van der Waals surface area (Å²) in [6.07, 6.45) is 0. The summed E-state index contributed by atoms with van der Waals surface area (Å²) in [7, 11) is 2.93. The second kappa shape index (κ2) is 4.84. The molecule has 1 aromatic heterocycles. The van der Waals surface area contributed by atoms with Crippen LogP contribution in [0, 0.1) is 0 Å². The third-order valence-electron chi connectivity index (χ3n) is 3.03. The molecular formula is C14H17NO4. The number of phenolic OH excluding ortho intramolecular Hbond substituents is 1. The van der Waals surface area contributed by atoms with E-state index in [1.165, 1.54) is 14.2 Å². The molecule has 0 aliphatic carbocycles. The summed E-state index contributed by atoms with van der Waals surface area (Å²) in [5.74, 6) is 0.669. The highest BCUT2D eigenvalue weighted by molar-refractivity contribution is 5.89. The molecule has 1 aromatic carbocycles. The lowest BCUT2D eigenvalue weighted by molar-refractivity contribution is 0.349. The van der Waals surface area contributed by atoms with Crippen molar-refractivity contribution < 1.29 is 14.6 Å². The summed E-state index contributed by atoms with van der Waals surface area (Å²) >= 11 is 0. The molecule has 1 heterocycles. The van der Waals surface area contributed by atoms with Gasteiger partial charge in [0.25, 0.3) is 5.56 Å². The molecule has 1 N–H and O–H groups in total. The molecule has 0 spiro atoms. The van der Waals surface area contributed by atoms with E-state index in [-0.39, 0.29) is 23.1 Å².